The quantitative estimate of drug-likeness (QED) is 0.922. The summed E-state index contributed by atoms with van der Waals surface area (Å²) in [5, 5.41) is 3.48. The first-order chi connectivity index (χ1) is 10.8. The fourth-order valence-electron chi connectivity index (χ4n) is 2.85. The second-order valence-corrected chi connectivity index (χ2v) is 7.17. The molecule has 1 aliphatic heterocycles. The van der Waals surface area contributed by atoms with Crippen molar-refractivity contribution in [1.82, 2.24) is 10.2 Å². The minimum Gasteiger partial charge on any atom is -0.444 e. The van der Waals surface area contributed by atoms with Gasteiger partial charge in [-0.2, -0.15) is 0 Å². The van der Waals surface area contributed by atoms with Crippen LogP contribution in [0.15, 0.2) is 24.3 Å². The van der Waals surface area contributed by atoms with Crippen LogP contribution in [-0.2, 0) is 11.3 Å². The van der Waals surface area contributed by atoms with Crippen molar-refractivity contribution in [3.8, 4) is 0 Å². The number of piperidine rings is 1. The molecule has 1 N–H and O–H groups in total. The first-order valence-corrected chi connectivity index (χ1v) is 8.24. The third-order valence-corrected chi connectivity index (χ3v) is 4.10. The highest BCUT2D eigenvalue weighted by Gasteiger charge is 2.33. The summed E-state index contributed by atoms with van der Waals surface area (Å²) in [6.45, 7) is 9.07. The van der Waals surface area contributed by atoms with Gasteiger partial charge in [0, 0.05) is 25.2 Å². The number of carbonyl (C=O) groups excluding carboxylic acids is 1. The van der Waals surface area contributed by atoms with Crippen molar-refractivity contribution < 1.29 is 13.9 Å². The van der Waals surface area contributed by atoms with Crippen LogP contribution in [0.1, 0.15) is 46.1 Å². The van der Waals surface area contributed by atoms with Crippen molar-refractivity contribution in [1.29, 1.82) is 0 Å². The molecule has 1 aromatic rings. The van der Waals surface area contributed by atoms with E-state index >= 15 is 0 Å². The Hall–Kier alpha value is -1.62. The van der Waals surface area contributed by atoms with Gasteiger partial charge in [-0.15, -0.1) is 0 Å². The summed E-state index contributed by atoms with van der Waals surface area (Å²) in [7, 11) is 0. The van der Waals surface area contributed by atoms with E-state index in [1.807, 2.05) is 27.7 Å². The van der Waals surface area contributed by atoms with Gasteiger partial charge in [0.1, 0.15) is 11.4 Å². The Morgan fingerprint density at radius 3 is 2.61 bits per heavy atom. The predicted molar refractivity (Wildman–Crippen MR) is 88.7 cm³/mol. The topological polar surface area (TPSA) is 41.6 Å². The van der Waals surface area contributed by atoms with Crippen molar-refractivity contribution >= 4 is 6.09 Å². The molecule has 0 radical (unpaired) electrons. The zero-order chi connectivity index (χ0) is 17.0. The summed E-state index contributed by atoms with van der Waals surface area (Å²) in [4.78, 5) is 14.1. The number of ether oxygens (including phenoxy) is 1. The molecule has 128 valence electrons. The number of nitrogens with one attached hydrogen (secondary N) is 1. The molecule has 1 aromatic carbocycles. The summed E-state index contributed by atoms with van der Waals surface area (Å²) in [5.74, 6) is -0.226. The molecule has 23 heavy (non-hydrogen) atoms. The van der Waals surface area contributed by atoms with Crippen LogP contribution in [-0.4, -0.2) is 35.2 Å². The van der Waals surface area contributed by atoms with Gasteiger partial charge in [-0.3, -0.25) is 0 Å². The van der Waals surface area contributed by atoms with E-state index in [1.165, 1.54) is 12.1 Å². The highest BCUT2D eigenvalue weighted by molar-refractivity contribution is 5.68. The molecule has 0 spiro atoms. The van der Waals surface area contributed by atoms with E-state index in [1.54, 1.807) is 17.0 Å². The van der Waals surface area contributed by atoms with Gasteiger partial charge >= 0.3 is 6.09 Å². The smallest absolute Gasteiger partial charge is 0.410 e. The van der Waals surface area contributed by atoms with E-state index in [9.17, 15) is 9.18 Å². The average Bonchev–Trinajstić information content (AvgIpc) is 2.46. The van der Waals surface area contributed by atoms with Gasteiger partial charge < -0.3 is 15.0 Å². The fraction of sp³-hybridized carbons (Fsp3) is 0.611. The average molecular weight is 322 g/mol. The summed E-state index contributed by atoms with van der Waals surface area (Å²) < 4.78 is 18.4. The van der Waals surface area contributed by atoms with E-state index < -0.39 is 5.60 Å². The lowest BCUT2D eigenvalue weighted by molar-refractivity contribution is 0.00699. The molecular weight excluding hydrogens is 295 g/mol. The number of carbonyl (C=O) groups is 1. The number of rotatable bonds is 3. The molecule has 1 fully saturated rings. The number of likely N-dealkylation sites (tertiary alicyclic amines) is 1. The lowest BCUT2D eigenvalue weighted by atomic mass is 9.97. The molecule has 2 unspecified atom stereocenters. The van der Waals surface area contributed by atoms with E-state index in [-0.39, 0.29) is 24.0 Å². The SMILES string of the molecule is CC1C(NCc2ccc(F)cc2)CCCN1C(=O)OC(C)(C)C. The second-order valence-electron chi connectivity index (χ2n) is 7.17. The third kappa shape index (κ3) is 5.20. The molecule has 5 heteroatoms. The highest BCUT2D eigenvalue weighted by Crippen LogP contribution is 2.21. The standard InChI is InChI=1S/C18H27FN2O2/c1-13-16(20-12-14-7-9-15(19)10-8-14)6-5-11-21(13)17(22)23-18(2,3)4/h7-10,13,16,20H,5-6,11-12H2,1-4H3. The molecular formula is C18H27FN2O2. The molecule has 1 aliphatic rings. The number of hydrogen-bond acceptors (Lipinski definition) is 3. The van der Waals surface area contributed by atoms with Gasteiger partial charge in [0.2, 0.25) is 0 Å². The first kappa shape index (κ1) is 17.7. The largest absolute Gasteiger partial charge is 0.444 e. The van der Waals surface area contributed by atoms with Gasteiger partial charge in [0.15, 0.2) is 0 Å². The fourth-order valence-corrected chi connectivity index (χ4v) is 2.85. The Kier molecular flexibility index (Phi) is 5.63. The van der Waals surface area contributed by atoms with Gasteiger partial charge in [-0.05, 0) is 58.2 Å². The van der Waals surface area contributed by atoms with Crippen molar-refractivity contribution in [3.05, 3.63) is 35.6 Å². The molecule has 4 nitrogen and oxygen atoms in total. The predicted octanol–water partition coefficient (Wildman–Crippen LogP) is 3.70. The van der Waals surface area contributed by atoms with Crippen molar-refractivity contribution in [3.63, 3.8) is 0 Å². The van der Waals surface area contributed by atoms with Crippen molar-refractivity contribution in [2.24, 2.45) is 0 Å². The summed E-state index contributed by atoms with van der Waals surface area (Å²) >= 11 is 0. The number of benzene rings is 1. The Bertz CT molecular complexity index is 525. The van der Waals surface area contributed by atoms with Crippen LogP contribution in [0.4, 0.5) is 9.18 Å². The zero-order valence-corrected chi connectivity index (χ0v) is 14.4. The molecule has 2 atom stereocenters. The molecule has 1 heterocycles. The van der Waals surface area contributed by atoms with E-state index in [2.05, 4.69) is 5.32 Å². The monoisotopic (exact) mass is 322 g/mol. The molecule has 1 amide bonds. The molecule has 0 saturated carbocycles. The van der Waals surface area contributed by atoms with Gasteiger partial charge in [0.25, 0.3) is 0 Å². The number of nitrogens with zero attached hydrogens (tertiary/aromatic N) is 1. The lowest BCUT2D eigenvalue weighted by Crippen LogP contribution is -2.55. The van der Waals surface area contributed by atoms with Crippen LogP contribution in [0, 0.1) is 5.82 Å². The van der Waals surface area contributed by atoms with Gasteiger partial charge in [0.05, 0.1) is 0 Å². The molecule has 0 aromatic heterocycles. The Morgan fingerprint density at radius 2 is 2.00 bits per heavy atom. The second kappa shape index (κ2) is 7.30. The maximum Gasteiger partial charge on any atom is 0.410 e. The minimum absolute atomic E-state index is 0.0686. The normalized spacial score (nSPS) is 22.0. The van der Waals surface area contributed by atoms with E-state index in [0.29, 0.717) is 6.54 Å². The number of halogens is 1. The molecule has 1 saturated heterocycles. The molecule has 2 rings (SSSR count). The van der Waals surface area contributed by atoms with Crippen LogP contribution >= 0.6 is 0 Å². The number of amides is 1. The Balaban J connectivity index is 1.92. The third-order valence-electron chi connectivity index (χ3n) is 4.10. The first-order valence-electron chi connectivity index (χ1n) is 8.24. The summed E-state index contributed by atoms with van der Waals surface area (Å²) in [5.41, 5.74) is 0.554. The van der Waals surface area contributed by atoms with Gasteiger partial charge in [-0.1, -0.05) is 12.1 Å². The van der Waals surface area contributed by atoms with Crippen LogP contribution in [0.25, 0.3) is 0 Å². The highest BCUT2D eigenvalue weighted by atomic mass is 19.1. The van der Waals surface area contributed by atoms with E-state index in [0.717, 1.165) is 24.9 Å². The van der Waals surface area contributed by atoms with Crippen LogP contribution in [0.5, 0.6) is 0 Å². The number of hydrogen-bond donors (Lipinski definition) is 1. The molecule has 0 bridgehead atoms. The zero-order valence-electron chi connectivity index (χ0n) is 14.4. The lowest BCUT2D eigenvalue weighted by Gasteiger charge is -2.40. The Labute approximate surface area is 138 Å². The Morgan fingerprint density at radius 1 is 1.35 bits per heavy atom. The summed E-state index contributed by atoms with van der Waals surface area (Å²) in [6, 6.07) is 6.77. The van der Waals surface area contributed by atoms with Gasteiger partial charge in [-0.25, -0.2) is 9.18 Å². The van der Waals surface area contributed by atoms with Crippen molar-refractivity contribution in [2.75, 3.05) is 6.54 Å². The minimum atomic E-state index is -0.481. The van der Waals surface area contributed by atoms with Crippen LogP contribution in [0.3, 0.4) is 0 Å². The maximum absolute atomic E-state index is 12.9. The molecule has 0 aliphatic carbocycles. The van der Waals surface area contributed by atoms with E-state index in [4.69, 9.17) is 4.74 Å². The van der Waals surface area contributed by atoms with Crippen molar-refractivity contribution in [2.45, 2.75) is 64.8 Å². The maximum atomic E-state index is 12.9. The van der Waals surface area contributed by atoms with Crippen LogP contribution in [0.2, 0.25) is 0 Å². The van der Waals surface area contributed by atoms with Crippen LogP contribution < -0.4 is 5.32 Å². The summed E-state index contributed by atoms with van der Waals surface area (Å²) in [6.07, 6.45) is 1.71.